The Morgan fingerprint density at radius 3 is 2.45 bits per heavy atom. The summed E-state index contributed by atoms with van der Waals surface area (Å²) in [5, 5.41) is 1.10. The lowest BCUT2D eigenvalue weighted by atomic mass is 10.4. The second-order valence-electron chi connectivity index (χ2n) is 3.92. The average Bonchev–Trinajstić information content (AvgIpc) is 2.42. The summed E-state index contributed by atoms with van der Waals surface area (Å²) in [5.41, 5.74) is 0.634. The second kappa shape index (κ2) is 5.21. The van der Waals surface area contributed by atoms with Crippen molar-refractivity contribution in [1.29, 1.82) is 0 Å². The maximum atomic E-state index is 5.99. The summed E-state index contributed by atoms with van der Waals surface area (Å²) < 4.78 is 4.04. The molecule has 20 heavy (non-hydrogen) atoms. The fourth-order valence-electron chi connectivity index (χ4n) is 1.75. The normalized spacial score (nSPS) is 10.9. The molecule has 0 saturated heterocycles. The van der Waals surface area contributed by atoms with Crippen molar-refractivity contribution >= 4 is 53.3 Å². The van der Waals surface area contributed by atoms with Gasteiger partial charge in [0.15, 0.2) is 4.77 Å². The third-order valence-electron chi connectivity index (χ3n) is 2.63. The number of hydrogen-bond acceptors (Lipinski definition) is 4. The van der Waals surface area contributed by atoms with Crippen molar-refractivity contribution in [1.82, 2.24) is 18.9 Å². The van der Waals surface area contributed by atoms with Gasteiger partial charge in [-0.3, -0.25) is 4.40 Å². The van der Waals surface area contributed by atoms with Crippen LogP contribution in [-0.2, 0) is 0 Å². The fourth-order valence-corrected chi connectivity index (χ4v) is 2.68. The molecule has 0 fully saturated rings. The van der Waals surface area contributed by atoms with Crippen molar-refractivity contribution in [2.75, 3.05) is 0 Å². The topological polar surface area (TPSA) is 35.1 Å². The fraction of sp³-hybridized carbons (Fsp3) is 0. The standard InChI is InChI=1S/C12H6Cl2N4S2/c13-7-1-3-9(15-5-7)18-11(19)16-10-4-2-8(14)6-17(10)12(18)20/h1-6H. The molecule has 0 aromatic carbocycles. The molecule has 0 radical (unpaired) electrons. The number of pyridine rings is 2. The van der Waals surface area contributed by atoms with Gasteiger partial charge in [-0.15, -0.1) is 0 Å². The maximum Gasteiger partial charge on any atom is 0.209 e. The van der Waals surface area contributed by atoms with E-state index in [9.17, 15) is 0 Å². The zero-order chi connectivity index (χ0) is 14.3. The molecule has 0 spiro atoms. The van der Waals surface area contributed by atoms with Gasteiger partial charge in [0.25, 0.3) is 0 Å². The predicted octanol–water partition coefficient (Wildman–Crippen LogP) is 4.29. The quantitative estimate of drug-likeness (QED) is 0.619. The summed E-state index contributed by atoms with van der Waals surface area (Å²) >= 11 is 22.5. The summed E-state index contributed by atoms with van der Waals surface area (Å²) in [6.07, 6.45) is 3.22. The first-order chi connectivity index (χ1) is 9.56. The number of rotatable bonds is 1. The van der Waals surface area contributed by atoms with Gasteiger partial charge < -0.3 is 0 Å². The first kappa shape index (κ1) is 13.6. The molecule has 0 atom stereocenters. The third kappa shape index (κ3) is 2.35. The number of fused-ring (bicyclic) bond motifs is 1. The molecule has 0 aliphatic heterocycles. The highest BCUT2D eigenvalue weighted by molar-refractivity contribution is 7.72. The smallest absolute Gasteiger partial charge is 0.209 e. The molecule has 4 nitrogen and oxygen atoms in total. The van der Waals surface area contributed by atoms with E-state index in [-0.39, 0.29) is 0 Å². The minimum Gasteiger partial charge on any atom is -0.276 e. The first-order valence-electron chi connectivity index (χ1n) is 5.49. The van der Waals surface area contributed by atoms with Crippen molar-refractivity contribution in [2.24, 2.45) is 0 Å². The van der Waals surface area contributed by atoms with Crippen LogP contribution in [0.15, 0.2) is 36.7 Å². The van der Waals surface area contributed by atoms with Crippen molar-refractivity contribution in [2.45, 2.75) is 0 Å². The highest BCUT2D eigenvalue weighted by Crippen LogP contribution is 2.14. The summed E-state index contributed by atoms with van der Waals surface area (Å²) in [6.45, 7) is 0. The number of nitrogens with zero attached hydrogens (tertiary/aromatic N) is 4. The van der Waals surface area contributed by atoms with E-state index in [1.165, 1.54) is 6.20 Å². The highest BCUT2D eigenvalue weighted by Gasteiger charge is 2.06. The summed E-state index contributed by atoms with van der Waals surface area (Å²) in [4.78, 5) is 8.53. The number of hydrogen-bond donors (Lipinski definition) is 0. The molecule has 8 heteroatoms. The molecule has 3 heterocycles. The molecule has 100 valence electrons. The van der Waals surface area contributed by atoms with Crippen LogP contribution in [0.3, 0.4) is 0 Å². The monoisotopic (exact) mass is 340 g/mol. The average molecular weight is 341 g/mol. The van der Waals surface area contributed by atoms with Gasteiger partial charge in [0, 0.05) is 12.4 Å². The molecule has 0 aliphatic carbocycles. The Kier molecular flexibility index (Phi) is 3.55. The van der Waals surface area contributed by atoms with Crippen molar-refractivity contribution in [3.8, 4) is 5.82 Å². The van der Waals surface area contributed by atoms with E-state index in [4.69, 9.17) is 47.6 Å². The molecule has 0 saturated carbocycles. The third-order valence-corrected chi connectivity index (χ3v) is 3.73. The molecular formula is C12H6Cl2N4S2. The zero-order valence-electron chi connectivity index (χ0n) is 9.83. The maximum absolute atomic E-state index is 5.99. The highest BCUT2D eigenvalue weighted by atomic mass is 35.5. The van der Waals surface area contributed by atoms with Gasteiger partial charge in [0.1, 0.15) is 11.5 Å². The Bertz CT molecular complexity index is 915. The lowest BCUT2D eigenvalue weighted by Gasteiger charge is -2.09. The molecule has 3 aromatic rings. The molecule has 0 unspecified atom stereocenters. The molecule has 0 bridgehead atoms. The Morgan fingerprint density at radius 1 is 1.00 bits per heavy atom. The summed E-state index contributed by atoms with van der Waals surface area (Å²) in [5.74, 6) is 0.561. The lowest BCUT2D eigenvalue weighted by Crippen LogP contribution is -2.08. The van der Waals surface area contributed by atoms with Gasteiger partial charge in [-0.25, -0.2) is 14.5 Å². The number of halogens is 2. The molecule has 0 amide bonds. The summed E-state index contributed by atoms with van der Waals surface area (Å²) in [6, 6.07) is 6.94. The van der Waals surface area contributed by atoms with Crippen molar-refractivity contribution in [3.05, 3.63) is 56.2 Å². The minimum absolute atomic E-state index is 0.326. The van der Waals surface area contributed by atoms with Crippen molar-refractivity contribution < 1.29 is 0 Å². The van der Waals surface area contributed by atoms with E-state index in [2.05, 4.69) is 9.97 Å². The van der Waals surface area contributed by atoms with Crippen LogP contribution in [0.5, 0.6) is 0 Å². The lowest BCUT2D eigenvalue weighted by molar-refractivity contribution is 0.832. The Hall–Kier alpha value is -1.34. The van der Waals surface area contributed by atoms with E-state index in [1.807, 2.05) is 0 Å². The van der Waals surface area contributed by atoms with Crippen molar-refractivity contribution in [3.63, 3.8) is 0 Å². The largest absolute Gasteiger partial charge is 0.276 e. The van der Waals surface area contributed by atoms with Gasteiger partial charge in [0.2, 0.25) is 4.77 Å². The SMILES string of the molecule is S=c1nc2ccc(Cl)cn2c(=S)n1-c1ccc(Cl)cn1. The molecule has 0 aliphatic rings. The Morgan fingerprint density at radius 2 is 1.75 bits per heavy atom. The van der Waals surface area contributed by atoms with Gasteiger partial charge >= 0.3 is 0 Å². The molecule has 3 aromatic heterocycles. The van der Waals surface area contributed by atoms with Crippen LogP contribution in [-0.4, -0.2) is 18.9 Å². The van der Waals surface area contributed by atoms with Crippen LogP contribution in [0.4, 0.5) is 0 Å². The van der Waals surface area contributed by atoms with Gasteiger partial charge in [-0.2, -0.15) is 0 Å². The van der Waals surface area contributed by atoms with Crippen LogP contribution in [0.2, 0.25) is 10.0 Å². The van der Waals surface area contributed by atoms with Gasteiger partial charge in [-0.05, 0) is 48.7 Å². The van der Waals surface area contributed by atoms with Crippen LogP contribution < -0.4 is 0 Å². The minimum atomic E-state index is 0.326. The Balaban J connectivity index is 2.39. The number of aromatic nitrogens is 4. The zero-order valence-corrected chi connectivity index (χ0v) is 13.0. The molecule has 0 N–H and O–H groups in total. The van der Waals surface area contributed by atoms with Crippen LogP contribution in [0, 0.1) is 9.54 Å². The Labute approximate surface area is 134 Å². The van der Waals surface area contributed by atoms with Gasteiger partial charge in [0.05, 0.1) is 10.0 Å². The van der Waals surface area contributed by atoms with Crippen LogP contribution in [0.1, 0.15) is 0 Å². The predicted molar refractivity (Wildman–Crippen MR) is 84.0 cm³/mol. The van der Waals surface area contributed by atoms with E-state index < -0.39 is 0 Å². The summed E-state index contributed by atoms with van der Waals surface area (Å²) in [7, 11) is 0. The van der Waals surface area contributed by atoms with E-state index in [1.54, 1.807) is 39.4 Å². The molecular weight excluding hydrogens is 335 g/mol. The van der Waals surface area contributed by atoms with Crippen LogP contribution >= 0.6 is 47.6 Å². The van der Waals surface area contributed by atoms with E-state index >= 15 is 0 Å². The van der Waals surface area contributed by atoms with Crippen LogP contribution in [0.25, 0.3) is 11.5 Å². The molecule has 3 rings (SSSR count). The van der Waals surface area contributed by atoms with E-state index in [0.29, 0.717) is 31.1 Å². The van der Waals surface area contributed by atoms with E-state index in [0.717, 1.165) is 0 Å². The second-order valence-corrected chi connectivity index (χ2v) is 5.53. The van der Waals surface area contributed by atoms with Gasteiger partial charge in [-0.1, -0.05) is 23.2 Å². The first-order valence-corrected chi connectivity index (χ1v) is 7.06.